The van der Waals surface area contributed by atoms with Crippen LogP contribution in [0.25, 0.3) is 5.54 Å². The van der Waals surface area contributed by atoms with Crippen LogP contribution in [0, 0.1) is 13.8 Å². The van der Waals surface area contributed by atoms with Crippen molar-refractivity contribution in [3.05, 3.63) is 32.8 Å². The van der Waals surface area contributed by atoms with E-state index in [9.17, 15) is 14.7 Å². The number of hydrogen-bond acceptors (Lipinski definition) is 3. The van der Waals surface area contributed by atoms with Gasteiger partial charge in [-0.1, -0.05) is 0 Å². The second-order valence-corrected chi connectivity index (χ2v) is 5.34. The average Bonchev–Trinajstić information content (AvgIpc) is 2.63. The van der Waals surface area contributed by atoms with Crippen molar-refractivity contribution in [2.75, 3.05) is 14.1 Å². The second-order valence-electron chi connectivity index (χ2n) is 5.34. The molecule has 0 radical (unpaired) electrons. The molecule has 0 amide bonds. The van der Waals surface area contributed by atoms with Crippen LogP contribution in [0.5, 0.6) is 0 Å². The molecule has 0 bridgehead atoms. The van der Waals surface area contributed by atoms with Gasteiger partial charge in [-0.3, -0.25) is 0 Å². The summed E-state index contributed by atoms with van der Waals surface area (Å²) in [6.45, 7) is 6.08. The van der Waals surface area contributed by atoms with Crippen LogP contribution >= 0.6 is 0 Å². The molecule has 0 aliphatic rings. The first kappa shape index (κ1) is 14.5. The molecule has 20 heavy (non-hydrogen) atoms. The molecule has 0 aliphatic heterocycles. The number of nitrogens with zero attached hydrogens (tertiary/aromatic N) is 3. The van der Waals surface area contributed by atoms with E-state index in [1.165, 1.54) is 4.40 Å². The third kappa shape index (κ3) is 2.08. The molecule has 1 N–H and O–H groups in total. The Balaban J connectivity index is 2.96. The monoisotopic (exact) mass is 275 g/mol. The van der Waals surface area contributed by atoms with Gasteiger partial charge < -0.3 is 0 Å². The summed E-state index contributed by atoms with van der Waals surface area (Å²) in [4.78, 5) is 25.8. The number of aromatic nitrogens is 2. The van der Waals surface area contributed by atoms with Crippen LogP contribution < -0.4 is 5.56 Å². The number of carboxylic acid groups (broad SMARTS) is 1. The van der Waals surface area contributed by atoms with Crippen LogP contribution in [0.2, 0.25) is 0 Å². The Morgan fingerprint density at radius 3 is 2.45 bits per heavy atom. The summed E-state index contributed by atoms with van der Waals surface area (Å²) in [5.41, 5.74) is 2.35. The molecule has 2 rings (SSSR count). The molecular weight excluding hydrogens is 257 g/mol. The summed E-state index contributed by atoms with van der Waals surface area (Å²) in [6.07, 6.45) is 0. The zero-order chi connectivity index (χ0) is 15.2. The number of rotatable bonds is 3. The van der Waals surface area contributed by atoms with E-state index in [-0.39, 0.29) is 5.56 Å². The zero-order valence-electron chi connectivity index (χ0n) is 12.4. The first-order valence-corrected chi connectivity index (χ1v) is 6.34. The van der Waals surface area contributed by atoms with Crippen molar-refractivity contribution < 1.29 is 9.90 Å². The van der Waals surface area contributed by atoms with Crippen molar-refractivity contribution in [1.82, 2.24) is 13.9 Å². The fourth-order valence-electron chi connectivity index (χ4n) is 2.48. The molecule has 6 nitrogen and oxygen atoms in total. The van der Waals surface area contributed by atoms with Crippen molar-refractivity contribution in [2.24, 2.45) is 7.05 Å². The van der Waals surface area contributed by atoms with E-state index in [1.54, 1.807) is 18.5 Å². The summed E-state index contributed by atoms with van der Waals surface area (Å²) in [5, 5.41) is 9.27. The van der Waals surface area contributed by atoms with Gasteiger partial charge in [0.05, 0.1) is 0 Å². The van der Waals surface area contributed by atoms with Gasteiger partial charge in [0, 0.05) is 0 Å². The summed E-state index contributed by atoms with van der Waals surface area (Å²) >= 11 is 0. The van der Waals surface area contributed by atoms with Crippen LogP contribution in [-0.2, 0) is 13.6 Å². The molecule has 2 heterocycles. The van der Waals surface area contributed by atoms with Crippen molar-refractivity contribution in [1.29, 1.82) is 0 Å². The average molecular weight is 275 g/mol. The minimum atomic E-state index is -1.19. The van der Waals surface area contributed by atoms with E-state index in [1.807, 2.05) is 32.8 Å². The number of hydrogen-bond donors (Lipinski definition) is 1. The standard InChI is InChI=1S/C13H18BN3O3/c1-7-9(6-15(3)4)17-11(18)10(12(19)20)8(2)16(5)13(17)14-7/h6H2,1-5H3,(H,19,20). The minimum absolute atomic E-state index is 0.171. The molecule has 0 fully saturated rings. The predicted octanol–water partition coefficient (Wildman–Crippen LogP) is 0.353. The number of carbonyl (C=O) groups is 1. The molecule has 7 heteroatoms. The Bertz CT molecular complexity index is 759. The number of carboxylic acids is 1. The Labute approximate surface area is 117 Å². The van der Waals surface area contributed by atoms with Gasteiger partial charge in [0.25, 0.3) is 0 Å². The van der Waals surface area contributed by atoms with Crippen LogP contribution in [0.4, 0.5) is 0 Å². The number of aromatic carboxylic acids is 1. The molecule has 0 saturated heterocycles. The molecule has 0 aliphatic carbocycles. The first-order valence-electron chi connectivity index (χ1n) is 6.34. The molecule has 0 aromatic carbocycles. The van der Waals surface area contributed by atoms with E-state index < -0.39 is 11.5 Å². The van der Waals surface area contributed by atoms with Crippen molar-refractivity contribution in [3.63, 3.8) is 0 Å². The van der Waals surface area contributed by atoms with E-state index in [2.05, 4.69) is 0 Å². The summed E-state index contributed by atoms with van der Waals surface area (Å²) in [5.74, 6) is -1.19. The van der Waals surface area contributed by atoms with Gasteiger partial charge in [0.15, 0.2) is 0 Å². The van der Waals surface area contributed by atoms with Crippen molar-refractivity contribution in [2.45, 2.75) is 20.4 Å². The van der Waals surface area contributed by atoms with Crippen LogP contribution in [0.3, 0.4) is 0 Å². The van der Waals surface area contributed by atoms with Crippen molar-refractivity contribution >= 4 is 18.4 Å². The molecule has 0 unspecified atom stereocenters. The fraction of sp³-hybridized carbons (Fsp3) is 0.462. The van der Waals surface area contributed by atoms with E-state index in [4.69, 9.17) is 0 Å². The van der Waals surface area contributed by atoms with Gasteiger partial charge in [-0.25, -0.2) is 0 Å². The van der Waals surface area contributed by atoms with Gasteiger partial charge in [0.1, 0.15) is 0 Å². The van der Waals surface area contributed by atoms with Gasteiger partial charge in [0.2, 0.25) is 0 Å². The fourth-order valence-corrected chi connectivity index (χ4v) is 2.48. The Morgan fingerprint density at radius 2 is 1.95 bits per heavy atom. The first-order chi connectivity index (χ1) is 9.25. The SMILES string of the molecule is Cc1bc2n(C)c(C)c(C(=O)O)c(=O)n2c1CN(C)C. The Hall–Kier alpha value is -1.89. The van der Waals surface area contributed by atoms with E-state index >= 15 is 0 Å². The molecular formula is C13H18BN3O3. The quantitative estimate of drug-likeness (QED) is 0.877. The maximum atomic E-state index is 12.5. The predicted molar refractivity (Wildman–Crippen MR) is 77.8 cm³/mol. The van der Waals surface area contributed by atoms with Crippen LogP contribution in [-0.4, -0.2) is 45.9 Å². The molecule has 106 valence electrons. The zero-order valence-corrected chi connectivity index (χ0v) is 12.4. The normalized spacial score (nSPS) is 11.3. The summed E-state index contributed by atoms with van der Waals surface area (Å²) in [6, 6.07) is 0. The van der Waals surface area contributed by atoms with Crippen LogP contribution in [0.1, 0.15) is 27.2 Å². The Morgan fingerprint density at radius 1 is 1.35 bits per heavy atom. The molecule has 0 atom stereocenters. The number of aryl methyl sites for hydroxylation is 2. The molecule has 2 aromatic heterocycles. The number of fused-ring (bicyclic) bond motifs is 1. The maximum absolute atomic E-state index is 12.5. The van der Waals surface area contributed by atoms with Crippen LogP contribution in [0.15, 0.2) is 4.79 Å². The van der Waals surface area contributed by atoms with Gasteiger partial charge >= 0.3 is 116 Å². The topological polar surface area (TPSA) is 67.0 Å². The van der Waals surface area contributed by atoms with Gasteiger partial charge in [-0.05, 0) is 0 Å². The molecule has 2 aromatic rings. The molecule has 0 spiro atoms. The molecule has 0 saturated carbocycles. The second kappa shape index (κ2) is 4.90. The summed E-state index contributed by atoms with van der Waals surface area (Å²) < 4.78 is 3.25. The van der Waals surface area contributed by atoms with E-state index in [0.717, 1.165) is 11.2 Å². The van der Waals surface area contributed by atoms with E-state index in [0.29, 0.717) is 17.8 Å². The third-order valence-corrected chi connectivity index (χ3v) is 3.61. The van der Waals surface area contributed by atoms with Crippen molar-refractivity contribution in [3.8, 4) is 0 Å². The third-order valence-electron chi connectivity index (χ3n) is 3.61. The van der Waals surface area contributed by atoms with Gasteiger partial charge in [-0.2, -0.15) is 0 Å². The Kier molecular flexibility index (Phi) is 3.56. The summed E-state index contributed by atoms with van der Waals surface area (Å²) in [7, 11) is 5.60. The van der Waals surface area contributed by atoms with Gasteiger partial charge in [-0.15, -0.1) is 0 Å².